The first-order chi connectivity index (χ1) is 8.58. The van der Waals surface area contributed by atoms with Crippen molar-refractivity contribution in [3.63, 3.8) is 0 Å². The van der Waals surface area contributed by atoms with E-state index in [0.29, 0.717) is 12.3 Å². The van der Waals surface area contributed by atoms with Crippen LogP contribution < -0.4 is 5.32 Å². The molecule has 1 unspecified atom stereocenters. The van der Waals surface area contributed by atoms with Crippen molar-refractivity contribution in [1.82, 2.24) is 0 Å². The first kappa shape index (κ1) is 13.4. The number of halogens is 2. The fraction of sp³-hybridized carbons (Fsp3) is 0.455. The number of nitrogens with one attached hydrogen (secondary N) is 1. The lowest BCUT2D eigenvalue weighted by molar-refractivity contribution is -0.384. The van der Waals surface area contributed by atoms with Gasteiger partial charge in [0, 0.05) is 24.8 Å². The van der Waals surface area contributed by atoms with E-state index in [1.807, 2.05) is 0 Å². The highest BCUT2D eigenvalue weighted by molar-refractivity contribution is 6.39. The zero-order valence-electron chi connectivity index (χ0n) is 9.49. The second-order valence-corrected chi connectivity index (χ2v) is 4.91. The summed E-state index contributed by atoms with van der Waals surface area (Å²) in [6, 6.07) is 2.72. The van der Waals surface area contributed by atoms with Crippen LogP contribution in [0.2, 0.25) is 10.0 Å². The molecule has 18 heavy (non-hydrogen) atoms. The Morgan fingerprint density at radius 3 is 2.56 bits per heavy atom. The van der Waals surface area contributed by atoms with E-state index in [4.69, 9.17) is 27.9 Å². The van der Waals surface area contributed by atoms with Crippen LogP contribution in [-0.2, 0) is 4.74 Å². The van der Waals surface area contributed by atoms with Gasteiger partial charge in [-0.25, -0.2) is 0 Å². The van der Waals surface area contributed by atoms with Gasteiger partial charge in [0.1, 0.15) is 0 Å². The van der Waals surface area contributed by atoms with E-state index in [1.54, 1.807) is 0 Å². The van der Waals surface area contributed by atoms with Crippen LogP contribution >= 0.6 is 23.2 Å². The number of non-ortho nitro benzene ring substituents is 1. The van der Waals surface area contributed by atoms with Crippen molar-refractivity contribution in [2.24, 2.45) is 0 Å². The van der Waals surface area contributed by atoms with Crippen molar-refractivity contribution in [2.45, 2.75) is 18.9 Å². The Hall–Kier alpha value is -1.04. The van der Waals surface area contributed by atoms with E-state index in [-0.39, 0.29) is 21.8 Å². The van der Waals surface area contributed by atoms with Crippen molar-refractivity contribution in [2.75, 3.05) is 18.5 Å². The third kappa shape index (κ3) is 3.04. The third-order valence-corrected chi connectivity index (χ3v) is 3.34. The minimum atomic E-state index is -0.523. The maximum Gasteiger partial charge on any atom is 0.272 e. The number of hydrogen-bond acceptors (Lipinski definition) is 4. The Labute approximate surface area is 114 Å². The van der Waals surface area contributed by atoms with Gasteiger partial charge in [-0.15, -0.1) is 0 Å². The Balaban J connectivity index is 2.19. The van der Waals surface area contributed by atoms with Gasteiger partial charge in [0.2, 0.25) is 0 Å². The second-order valence-electron chi connectivity index (χ2n) is 4.10. The fourth-order valence-electron chi connectivity index (χ4n) is 1.86. The largest absolute Gasteiger partial charge is 0.379 e. The Morgan fingerprint density at radius 1 is 1.39 bits per heavy atom. The number of nitrogens with zero attached hydrogens (tertiary/aromatic N) is 1. The van der Waals surface area contributed by atoms with Gasteiger partial charge in [-0.2, -0.15) is 0 Å². The lowest BCUT2D eigenvalue weighted by Gasteiger charge is -2.25. The molecular formula is C11H12Cl2N2O3. The first-order valence-corrected chi connectivity index (χ1v) is 6.31. The molecule has 0 aromatic heterocycles. The zero-order valence-corrected chi connectivity index (χ0v) is 11.0. The Kier molecular flexibility index (Phi) is 4.27. The molecule has 1 aromatic carbocycles. The van der Waals surface area contributed by atoms with Crippen molar-refractivity contribution in [3.8, 4) is 0 Å². The highest BCUT2D eigenvalue weighted by Gasteiger charge is 2.19. The number of nitro benzene ring substituents is 1. The molecule has 0 amide bonds. The van der Waals surface area contributed by atoms with E-state index < -0.39 is 4.92 Å². The standard InChI is InChI=1S/C11H12Cl2N2O3/c12-9-4-8(15(16)17)5-10(13)11(9)14-7-2-1-3-18-6-7/h4-5,7,14H,1-3,6H2. The summed E-state index contributed by atoms with van der Waals surface area (Å²) in [5, 5.41) is 14.3. The Bertz CT molecular complexity index is 439. The molecule has 0 aliphatic carbocycles. The van der Waals surface area contributed by atoms with E-state index >= 15 is 0 Å². The van der Waals surface area contributed by atoms with Gasteiger partial charge in [-0.05, 0) is 12.8 Å². The van der Waals surface area contributed by atoms with Gasteiger partial charge in [-0.3, -0.25) is 10.1 Å². The van der Waals surface area contributed by atoms with E-state index in [0.717, 1.165) is 19.4 Å². The molecule has 1 aromatic rings. The molecule has 1 N–H and O–H groups in total. The van der Waals surface area contributed by atoms with Crippen molar-refractivity contribution in [1.29, 1.82) is 0 Å². The second kappa shape index (κ2) is 5.73. The quantitative estimate of drug-likeness (QED) is 0.684. The molecule has 1 aliphatic rings. The van der Waals surface area contributed by atoms with Gasteiger partial charge < -0.3 is 10.1 Å². The Morgan fingerprint density at radius 2 is 2.06 bits per heavy atom. The number of nitro groups is 1. The summed E-state index contributed by atoms with van der Waals surface area (Å²) in [4.78, 5) is 10.1. The number of anilines is 1. The topological polar surface area (TPSA) is 64.4 Å². The van der Waals surface area contributed by atoms with Crippen molar-refractivity contribution < 1.29 is 9.66 Å². The normalized spacial score (nSPS) is 19.6. The predicted molar refractivity (Wildman–Crippen MR) is 70.6 cm³/mol. The smallest absolute Gasteiger partial charge is 0.272 e. The molecule has 1 atom stereocenters. The van der Waals surface area contributed by atoms with E-state index in [2.05, 4.69) is 5.32 Å². The molecule has 0 radical (unpaired) electrons. The molecule has 5 nitrogen and oxygen atoms in total. The van der Waals surface area contributed by atoms with Crippen molar-refractivity contribution in [3.05, 3.63) is 32.3 Å². The van der Waals surface area contributed by atoms with Crippen LogP contribution in [-0.4, -0.2) is 24.2 Å². The van der Waals surface area contributed by atoms with Gasteiger partial charge in [-0.1, -0.05) is 23.2 Å². The van der Waals surface area contributed by atoms with Crippen LogP contribution in [0.5, 0.6) is 0 Å². The molecule has 0 spiro atoms. The molecule has 7 heteroatoms. The molecule has 98 valence electrons. The molecule has 1 fully saturated rings. The molecule has 1 heterocycles. The summed E-state index contributed by atoms with van der Waals surface area (Å²) in [5.74, 6) is 0. The predicted octanol–water partition coefficient (Wildman–Crippen LogP) is 3.49. The minimum absolute atomic E-state index is 0.115. The van der Waals surface area contributed by atoms with Crippen LogP contribution in [0.25, 0.3) is 0 Å². The molecule has 0 bridgehead atoms. The van der Waals surface area contributed by atoms with Gasteiger partial charge in [0.05, 0.1) is 27.3 Å². The maximum atomic E-state index is 10.7. The van der Waals surface area contributed by atoms with Crippen LogP contribution in [0.4, 0.5) is 11.4 Å². The maximum absolute atomic E-state index is 10.7. The van der Waals surface area contributed by atoms with Gasteiger partial charge in [0.25, 0.3) is 5.69 Å². The average molecular weight is 291 g/mol. The summed E-state index contributed by atoms with van der Waals surface area (Å²) in [6.45, 7) is 1.35. The van der Waals surface area contributed by atoms with Gasteiger partial charge >= 0.3 is 0 Å². The summed E-state index contributed by atoms with van der Waals surface area (Å²) in [7, 11) is 0. The van der Waals surface area contributed by atoms with E-state index in [1.165, 1.54) is 12.1 Å². The molecule has 2 rings (SSSR count). The number of hydrogen-bond donors (Lipinski definition) is 1. The van der Waals surface area contributed by atoms with Crippen LogP contribution in [0.3, 0.4) is 0 Å². The van der Waals surface area contributed by atoms with E-state index in [9.17, 15) is 10.1 Å². The van der Waals surface area contributed by atoms with Crippen molar-refractivity contribution >= 4 is 34.6 Å². The number of ether oxygens (including phenoxy) is 1. The first-order valence-electron chi connectivity index (χ1n) is 5.55. The SMILES string of the molecule is O=[N+]([O-])c1cc(Cl)c(NC2CCCOC2)c(Cl)c1. The monoisotopic (exact) mass is 290 g/mol. The van der Waals surface area contributed by atoms with Crippen LogP contribution in [0.15, 0.2) is 12.1 Å². The minimum Gasteiger partial charge on any atom is -0.379 e. The summed E-state index contributed by atoms with van der Waals surface area (Å²) in [5.41, 5.74) is 0.412. The highest BCUT2D eigenvalue weighted by Crippen LogP contribution is 2.35. The van der Waals surface area contributed by atoms with Crippen LogP contribution in [0.1, 0.15) is 12.8 Å². The number of benzene rings is 1. The summed E-state index contributed by atoms with van der Waals surface area (Å²) < 4.78 is 5.34. The van der Waals surface area contributed by atoms with Crippen LogP contribution in [0, 0.1) is 10.1 Å². The highest BCUT2D eigenvalue weighted by atomic mass is 35.5. The van der Waals surface area contributed by atoms with Gasteiger partial charge in [0.15, 0.2) is 0 Å². The molecule has 1 aliphatic heterocycles. The zero-order chi connectivity index (χ0) is 13.1. The number of rotatable bonds is 3. The fourth-order valence-corrected chi connectivity index (χ4v) is 2.45. The molecule has 1 saturated heterocycles. The lowest BCUT2D eigenvalue weighted by atomic mass is 10.1. The lowest BCUT2D eigenvalue weighted by Crippen LogP contribution is -2.30. The summed E-state index contributed by atoms with van der Waals surface area (Å²) >= 11 is 12.0. The third-order valence-electron chi connectivity index (χ3n) is 2.75. The summed E-state index contributed by atoms with van der Waals surface area (Å²) in [6.07, 6.45) is 1.93. The molecule has 0 saturated carbocycles. The average Bonchev–Trinajstić information content (AvgIpc) is 2.34. The molecular weight excluding hydrogens is 279 g/mol.